The van der Waals surface area contributed by atoms with E-state index in [0.717, 1.165) is 5.56 Å². The van der Waals surface area contributed by atoms with E-state index >= 15 is 0 Å². The van der Waals surface area contributed by atoms with Crippen molar-refractivity contribution in [3.05, 3.63) is 48.6 Å². The summed E-state index contributed by atoms with van der Waals surface area (Å²) in [5.41, 5.74) is 1.08. The molecule has 0 fully saturated rings. The Labute approximate surface area is 102 Å². The van der Waals surface area contributed by atoms with Crippen LogP contribution in [0, 0.1) is 0 Å². The first-order valence-electron chi connectivity index (χ1n) is 5.55. The van der Waals surface area contributed by atoms with Crippen LogP contribution in [0.5, 0.6) is 0 Å². The number of hydrogen-bond donors (Lipinski definition) is 0. The van der Waals surface area contributed by atoms with Crippen LogP contribution in [0.15, 0.2) is 43.0 Å². The maximum Gasteiger partial charge on any atom is 0.161 e. The van der Waals surface area contributed by atoms with E-state index in [9.17, 15) is 4.79 Å². The molecule has 92 valence electrons. The lowest BCUT2D eigenvalue weighted by molar-refractivity contribution is -0.124. The van der Waals surface area contributed by atoms with E-state index in [1.165, 1.54) is 7.11 Å². The van der Waals surface area contributed by atoms with E-state index in [0.29, 0.717) is 13.0 Å². The van der Waals surface area contributed by atoms with E-state index in [4.69, 9.17) is 9.47 Å². The molecule has 0 saturated heterocycles. The van der Waals surface area contributed by atoms with Gasteiger partial charge in [-0.2, -0.15) is 0 Å². The molecule has 0 N–H and O–H groups in total. The van der Waals surface area contributed by atoms with Crippen molar-refractivity contribution < 1.29 is 14.3 Å². The van der Waals surface area contributed by atoms with Gasteiger partial charge in [0.05, 0.1) is 12.7 Å². The monoisotopic (exact) mass is 234 g/mol. The lowest BCUT2D eigenvalue weighted by Crippen LogP contribution is -2.18. The van der Waals surface area contributed by atoms with Crippen molar-refractivity contribution >= 4 is 5.78 Å². The predicted octanol–water partition coefficient (Wildman–Crippen LogP) is 2.36. The van der Waals surface area contributed by atoms with Crippen LogP contribution in [0.25, 0.3) is 0 Å². The van der Waals surface area contributed by atoms with E-state index in [1.54, 1.807) is 6.08 Å². The van der Waals surface area contributed by atoms with Crippen LogP contribution in [0.3, 0.4) is 0 Å². The van der Waals surface area contributed by atoms with Crippen molar-refractivity contribution in [2.24, 2.45) is 0 Å². The van der Waals surface area contributed by atoms with Crippen LogP contribution < -0.4 is 0 Å². The number of methoxy groups -OCH3 is 1. The Hall–Kier alpha value is -1.45. The molecular formula is C14H18O3. The highest BCUT2D eigenvalue weighted by Gasteiger charge is 2.10. The topological polar surface area (TPSA) is 35.5 Å². The van der Waals surface area contributed by atoms with Gasteiger partial charge in [0.15, 0.2) is 5.78 Å². The minimum Gasteiger partial charge on any atom is -0.377 e. The molecule has 1 aromatic rings. The number of ketones is 1. The first-order chi connectivity index (χ1) is 8.26. The van der Waals surface area contributed by atoms with Crippen LogP contribution in [0.2, 0.25) is 0 Å². The number of hydrogen-bond acceptors (Lipinski definition) is 3. The fourth-order valence-corrected chi connectivity index (χ4v) is 1.43. The first kappa shape index (κ1) is 13.6. The molecule has 1 unspecified atom stereocenters. The molecule has 0 heterocycles. The molecular weight excluding hydrogens is 216 g/mol. The third kappa shape index (κ3) is 5.43. The molecule has 0 aliphatic carbocycles. The van der Waals surface area contributed by atoms with Crippen molar-refractivity contribution in [3.63, 3.8) is 0 Å². The summed E-state index contributed by atoms with van der Waals surface area (Å²) in [5, 5.41) is 0. The van der Waals surface area contributed by atoms with Crippen LogP contribution in [-0.2, 0) is 20.9 Å². The van der Waals surface area contributed by atoms with Gasteiger partial charge in [-0.3, -0.25) is 4.79 Å². The summed E-state index contributed by atoms with van der Waals surface area (Å²) in [6.45, 7) is 4.28. The van der Waals surface area contributed by atoms with Crippen LogP contribution >= 0.6 is 0 Å². The Morgan fingerprint density at radius 2 is 2.12 bits per heavy atom. The fraction of sp³-hybridized carbons (Fsp3) is 0.357. The molecule has 1 atom stereocenters. The molecule has 1 rings (SSSR count). The lowest BCUT2D eigenvalue weighted by atomic mass is 10.2. The first-order valence-corrected chi connectivity index (χ1v) is 5.55. The number of carbonyl (C=O) groups is 1. The lowest BCUT2D eigenvalue weighted by Gasteiger charge is -2.13. The third-order valence-corrected chi connectivity index (χ3v) is 2.30. The summed E-state index contributed by atoms with van der Waals surface area (Å²) in [4.78, 5) is 11.4. The Balaban J connectivity index is 2.37. The predicted molar refractivity (Wildman–Crippen MR) is 66.7 cm³/mol. The molecule has 0 aliphatic rings. The zero-order valence-corrected chi connectivity index (χ0v) is 10.1. The molecule has 0 radical (unpaired) electrons. The van der Waals surface area contributed by atoms with Gasteiger partial charge in [0.2, 0.25) is 0 Å². The summed E-state index contributed by atoms with van der Waals surface area (Å²) in [5.74, 6) is 0.0189. The van der Waals surface area contributed by atoms with E-state index in [2.05, 4.69) is 6.58 Å². The zero-order chi connectivity index (χ0) is 12.5. The summed E-state index contributed by atoms with van der Waals surface area (Å²) >= 11 is 0. The molecule has 0 bridgehead atoms. The van der Waals surface area contributed by atoms with Crippen molar-refractivity contribution in [2.75, 3.05) is 13.7 Å². The summed E-state index contributed by atoms with van der Waals surface area (Å²) in [7, 11) is 1.51. The second kappa shape index (κ2) is 7.76. The molecule has 3 heteroatoms. The highest BCUT2D eigenvalue weighted by atomic mass is 16.5. The van der Waals surface area contributed by atoms with Crippen molar-refractivity contribution in [1.29, 1.82) is 0 Å². The second-order valence-electron chi connectivity index (χ2n) is 3.75. The van der Waals surface area contributed by atoms with Crippen LogP contribution in [0.4, 0.5) is 0 Å². The van der Waals surface area contributed by atoms with Gasteiger partial charge >= 0.3 is 0 Å². The van der Waals surface area contributed by atoms with Gasteiger partial charge in [-0.1, -0.05) is 36.4 Å². The maximum atomic E-state index is 11.4. The van der Waals surface area contributed by atoms with Crippen molar-refractivity contribution in [1.82, 2.24) is 0 Å². The molecule has 0 saturated carbocycles. The average Bonchev–Trinajstić information content (AvgIpc) is 2.36. The van der Waals surface area contributed by atoms with Gasteiger partial charge < -0.3 is 9.47 Å². The number of ether oxygens (including phenoxy) is 2. The average molecular weight is 234 g/mol. The Kier molecular flexibility index (Phi) is 6.22. The number of carbonyl (C=O) groups excluding carboxylic acids is 1. The van der Waals surface area contributed by atoms with Crippen LogP contribution in [-0.4, -0.2) is 25.6 Å². The van der Waals surface area contributed by atoms with Gasteiger partial charge in [-0.05, 0) is 5.56 Å². The highest BCUT2D eigenvalue weighted by molar-refractivity contribution is 5.80. The smallest absolute Gasteiger partial charge is 0.161 e. The van der Waals surface area contributed by atoms with Gasteiger partial charge in [0, 0.05) is 13.5 Å². The largest absolute Gasteiger partial charge is 0.377 e. The summed E-state index contributed by atoms with van der Waals surface area (Å²) in [6, 6.07) is 9.83. The standard InChI is InChI=1S/C14H18O3/c1-3-14(9-13(15)11-16-2)17-10-12-7-5-4-6-8-12/h3-8,14H,1,9-11H2,2H3. The van der Waals surface area contributed by atoms with Crippen LogP contribution in [0.1, 0.15) is 12.0 Å². The molecule has 0 amide bonds. The van der Waals surface area contributed by atoms with Gasteiger partial charge in [-0.15, -0.1) is 6.58 Å². The van der Waals surface area contributed by atoms with E-state index in [-0.39, 0.29) is 18.5 Å². The quantitative estimate of drug-likeness (QED) is 0.648. The van der Waals surface area contributed by atoms with Crippen molar-refractivity contribution in [2.45, 2.75) is 19.1 Å². The maximum absolute atomic E-state index is 11.4. The second-order valence-corrected chi connectivity index (χ2v) is 3.75. The molecule has 0 spiro atoms. The van der Waals surface area contributed by atoms with Gasteiger partial charge in [-0.25, -0.2) is 0 Å². The molecule has 17 heavy (non-hydrogen) atoms. The third-order valence-electron chi connectivity index (χ3n) is 2.30. The molecule has 1 aromatic carbocycles. The van der Waals surface area contributed by atoms with Gasteiger partial charge in [0.1, 0.15) is 6.61 Å². The zero-order valence-electron chi connectivity index (χ0n) is 10.1. The Morgan fingerprint density at radius 1 is 1.41 bits per heavy atom. The SMILES string of the molecule is C=CC(CC(=O)COC)OCc1ccccc1. The highest BCUT2D eigenvalue weighted by Crippen LogP contribution is 2.07. The Morgan fingerprint density at radius 3 is 2.71 bits per heavy atom. The fourth-order valence-electron chi connectivity index (χ4n) is 1.43. The summed E-state index contributed by atoms with van der Waals surface area (Å²) in [6.07, 6.45) is 1.71. The summed E-state index contributed by atoms with van der Waals surface area (Å²) < 4.78 is 10.4. The number of benzene rings is 1. The minimum atomic E-state index is -0.252. The minimum absolute atomic E-state index is 0.0189. The van der Waals surface area contributed by atoms with Crippen molar-refractivity contribution in [3.8, 4) is 0 Å². The molecule has 3 nitrogen and oxygen atoms in total. The van der Waals surface area contributed by atoms with E-state index < -0.39 is 0 Å². The van der Waals surface area contributed by atoms with Gasteiger partial charge in [0.25, 0.3) is 0 Å². The van der Waals surface area contributed by atoms with E-state index in [1.807, 2.05) is 30.3 Å². The molecule has 0 aliphatic heterocycles. The normalized spacial score (nSPS) is 12.1. The Bertz CT molecular complexity index is 346. The molecule has 0 aromatic heterocycles. The number of rotatable bonds is 8. The number of Topliss-reactive ketones (excluding diaryl/α,β-unsaturated/α-hetero) is 1.